The summed E-state index contributed by atoms with van der Waals surface area (Å²) in [4.78, 5) is 4.60. The van der Waals surface area contributed by atoms with E-state index in [0.29, 0.717) is 5.02 Å². The van der Waals surface area contributed by atoms with E-state index in [4.69, 9.17) is 17.3 Å². The van der Waals surface area contributed by atoms with Crippen LogP contribution in [0.15, 0.2) is 42.5 Å². The van der Waals surface area contributed by atoms with Crippen LogP contribution in [0.1, 0.15) is 10.6 Å². The van der Waals surface area contributed by atoms with E-state index in [2.05, 4.69) is 11.1 Å². The van der Waals surface area contributed by atoms with Gasteiger partial charge in [-0.15, -0.1) is 11.3 Å². The van der Waals surface area contributed by atoms with Crippen molar-refractivity contribution in [3.05, 3.63) is 58.1 Å². The number of para-hydroxylation sites is 1. The summed E-state index contributed by atoms with van der Waals surface area (Å²) in [6.45, 7) is 0. The minimum Gasteiger partial charge on any atom is -0.398 e. The number of anilines is 1. The average Bonchev–Trinajstić information content (AvgIpc) is 2.76. The SMILES string of the molecule is Nc1ccc(Cl)cc1Cc1nc2ccccc2s1. The number of thiazole rings is 1. The van der Waals surface area contributed by atoms with Gasteiger partial charge in [-0.25, -0.2) is 4.98 Å². The normalized spacial score (nSPS) is 10.9. The Balaban J connectivity index is 1.98. The Kier molecular flexibility index (Phi) is 2.94. The average molecular weight is 275 g/mol. The maximum absolute atomic E-state index is 5.99. The van der Waals surface area contributed by atoms with E-state index in [9.17, 15) is 0 Å². The zero-order chi connectivity index (χ0) is 12.5. The molecule has 2 nitrogen and oxygen atoms in total. The number of halogens is 1. The van der Waals surface area contributed by atoms with Crippen LogP contribution in [0.3, 0.4) is 0 Å². The van der Waals surface area contributed by atoms with Crippen molar-refractivity contribution in [1.82, 2.24) is 4.98 Å². The number of nitrogen functional groups attached to an aromatic ring is 1. The van der Waals surface area contributed by atoms with Gasteiger partial charge in [-0.2, -0.15) is 0 Å². The molecule has 3 rings (SSSR count). The number of rotatable bonds is 2. The van der Waals surface area contributed by atoms with E-state index >= 15 is 0 Å². The molecule has 0 amide bonds. The van der Waals surface area contributed by atoms with Gasteiger partial charge in [0.25, 0.3) is 0 Å². The molecule has 18 heavy (non-hydrogen) atoms. The fraction of sp³-hybridized carbons (Fsp3) is 0.0714. The highest BCUT2D eigenvalue weighted by atomic mass is 35.5. The highest BCUT2D eigenvalue weighted by molar-refractivity contribution is 7.18. The van der Waals surface area contributed by atoms with Gasteiger partial charge in [-0.3, -0.25) is 0 Å². The van der Waals surface area contributed by atoms with Crippen molar-refractivity contribution in [2.75, 3.05) is 5.73 Å². The Hall–Kier alpha value is -1.58. The molecule has 1 heterocycles. The van der Waals surface area contributed by atoms with Crippen molar-refractivity contribution in [3.8, 4) is 0 Å². The van der Waals surface area contributed by atoms with Crippen molar-refractivity contribution in [3.63, 3.8) is 0 Å². The van der Waals surface area contributed by atoms with Gasteiger partial charge in [0.2, 0.25) is 0 Å². The van der Waals surface area contributed by atoms with E-state index in [0.717, 1.165) is 28.2 Å². The monoisotopic (exact) mass is 274 g/mol. The van der Waals surface area contributed by atoms with Crippen LogP contribution in [0, 0.1) is 0 Å². The predicted octanol–water partition coefficient (Wildman–Crippen LogP) is 4.12. The van der Waals surface area contributed by atoms with Gasteiger partial charge >= 0.3 is 0 Å². The lowest BCUT2D eigenvalue weighted by atomic mass is 10.1. The van der Waals surface area contributed by atoms with Gasteiger partial charge in [-0.05, 0) is 35.9 Å². The second kappa shape index (κ2) is 4.59. The molecule has 0 aliphatic carbocycles. The van der Waals surface area contributed by atoms with Crippen LogP contribution in [-0.2, 0) is 6.42 Å². The van der Waals surface area contributed by atoms with E-state index in [1.165, 1.54) is 4.70 Å². The molecule has 0 saturated heterocycles. The zero-order valence-electron chi connectivity index (χ0n) is 9.56. The van der Waals surface area contributed by atoms with Crippen molar-refractivity contribution >= 4 is 38.8 Å². The quantitative estimate of drug-likeness (QED) is 0.714. The lowest BCUT2D eigenvalue weighted by Crippen LogP contribution is -1.95. The lowest BCUT2D eigenvalue weighted by molar-refractivity contribution is 1.16. The Bertz CT molecular complexity index is 673. The number of aromatic nitrogens is 1. The third kappa shape index (κ3) is 2.19. The lowest BCUT2D eigenvalue weighted by Gasteiger charge is -2.03. The third-order valence-electron chi connectivity index (χ3n) is 2.78. The molecular formula is C14H11ClN2S. The van der Waals surface area contributed by atoms with Crippen LogP contribution in [0.5, 0.6) is 0 Å². The fourth-order valence-corrected chi connectivity index (χ4v) is 3.07. The Labute approximate surface area is 114 Å². The maximum atomic E-state index is 5.99. The summed E-state index contributed by atoms with van der Waals surface area (Å²) in [5.74, 6) is 0. The minimum absolute atomic E-state index is 0.709. The van der Waals surface area contributed by atoms with E-state index in [1.807, 2.05) is 30.3 Å². The number of fused-ring (bicyclic) bond motifs is 1. The first-order valence-corrected chi connectivity index (χ1v) is 6.80. The molecule has 0 saturated carbocycles. The first-order chi connectivity index (χ1) is 8.72. The van der Waals surface area contributed by atoms with Crippen LogP contribution >= 0.6 is 22.9 Å². The molecule has 3 aromatic rings. The highest BCUT2D eigenvalue weighted by Crippen LogP contribution is 2.26. The van der Waals surface area contributed by atoms with Crippen molar-refractivity contribution in [2.45, 2.75) is 6.42 Å². The summed E-state index contributed by atoms with van der Waals surface area (Å²) in [7, 11) is 0. The summed E-state index contributed by atoms with van der Waals surface area (Å²) in [6.07, 6.45) is 0.728. The highest BCUT2D eigenvalue weighted by Gasteiger charge is 2.07. The van der Waals surface area contributed by atoms with E-state index < -0.39 is 0 Å². The van der Waals surface area contributed by atoms with Gasteiger partial charge in [0.15, 0.2) is 0 Å². The van der Waals surface area contributed by atoms with Gasteiger partial charge in [-0.1, -0.05) is 23.7 Å². The van der Waals surface area contributed by atoms with Gasteiger partial charge in [0, 0.05) is 17.1 Å². The van der Waals surface area contributed by atoms with Gasteiger partial charge in [0.05, 0.1) is 15.2 Å². The fourth-order valence-electron chi connectivity index (χ4n) is 1.89. The summed E-state index contributed by atoms with van der Waals surface area (Å²) < 4.78 is 1.20. The van der Waals surface area contributed by atoms with E-state index in [1.54, 1.807) is 17.4 Å². The zero-order valence-corrected chi connectivity index (χ0v) is 11.1. The molecule has 90 valence electrons. The summed E-state index contributed by atoms with van der Waals surface area (Å²) >= 11 is 7.69. The van der Waals surface area contributed by atoms with Crippen LogP contribution in [-0.4, -0.2) is 4.98 Å². The molecule has 0 radical (unpaired) electrons. The number of nitrogens with zero attached hydrogens (tertiary/aromatic N) is 1. The second-order valence-electron chi connectivity index (χ2n) is 4.10. The number of nitrogens with two attached hydrogens (primary N) is 1. The molecule has 4 heteroatoms. The van der Waals surface area contributed by atoms with Crippen molar-refractivity contribution in [2.24, 2.45) is 0 Å². The van der Waals surface area contributed by atoms with Gasteiger partial charge < -0.3 is 5.73 Å². The Morgan fingerprint density at radius 3 is 2.83 bits per heavy atom. The maximum Gasteiger partial charge on any atom is 0.0983 e. The minimum atomic E-state index is 0.709. The molecule has 2 N–H and O–H groups in total. The largest absolute Gasteiger partial charge is 0.398 e. The molecule has 0 aliphatic heterocycles. The molecule has 0 aliphatic rings. The topological polar surface area (TPSA) is 38.9 Å². The molecule has 2 aromatic carbocycles. The second-order valence-corrected chi connectivity index (χ2v) is 5.65. The van der Waals surface area contributed by atoms with Crippen LogP contribution < -0.4 is 5.73 Å². The molecule has 0 spiro atoms. The van der Waals surface area contributed by atoms with Crippen molar-refractivity contribution in [1.29, 1.82) is 0 Å². The van der Waals surface area contributed by atoms with Gasteiger partial charge in [0.1, 0.15) is 0 Å². The molecule has 0 unspecified atom stereocenters. The predicted molar refractivity (Wildman–Crippen MR) is 78.3 cm³/mol. The molecular weight excluding hydrogens is 264 g/mol. The Morgan fingerprint density at radius 2 is 2.00 bits per heavy atom. The summed E-state index contributed by atoms with van der Waals surface area (Å²) in [5, 5.41) is 1.77. The smallest absolute Gasteiger partial charge is 0.0983 e. The van der Waals surface area contributed by atoms with Crippen LogP contribution in [0.2, 0.25) is 5.02 Å². The number of hydrogen-bond acceptors (Lipinski definition) is 3. The van der Waals surface area contributed by atoms with Crippen LogP contribution in [0.4, 0.5) is 5.69 Å². The van der Waals surface area contributed by atoms with Crippen LogP contribution in [0.25, 0.3) is 10.2 Å². The first-order valence-electron chi connectivity index (χ1n) is 5.61. The molecule has 0 fully saturated rings. The summed E-state index contributed by atoms with van der Waals surface area (Å²) in [6, 6.07) is 13.7. The third-order valence-corrected chi connectivity index (χ3v) is 4.06. The van der Waals surface area contributed by atoms with Crippen molar-refractivity contribution < 1.29 is 0 Å². The number of benzene rings is 2. The molecule has 1 aromatic heterocycles. The van der Waals surface area contributed by atoms with E-state index in [-0.39, 0.29) is 0 Å². The standard InChI is InChI=1S/C14H11ClN2S/c15-10-5-6-11(16)9(7-10)8-14-17-12-3-1-2-4-13(12)18-14/h1-7H,8,16H2. The molecule has 0 atom stereocenters. The summed E-state index contributed by atoms with van der Waals surface area (Å²) in [5.41, 5.74) is 8.78. The number of hydrogen-bond donors (Lipinski definition) is 1. The Morgan fingerprint density at radius 1 is 1.17 bits per heavy atom. The molecule has 0 bridgehead atoms. The first kappa shape index (κ1) is 11.5.